The molecule has 7 heteroatoms. The van der Waals surface area contributed by atoms with Crippen molar-refractivity contribution < 1.29 is 19.5 Å². The third-order valence-electron chi connectivity index (χ3n) is 2.18. The summed E-state index contributed by atoms with van der Waals surface area (Å²) in [5.74, 6) is 0.692. The molecule has 3 N–H and O–H groups in total. The van der Waals surface area contributed by atoms with Crippen LogP contribution >= 0.6 is 0 Å². The van der Waals surface area contributed by atoms with Gasteiger partial charge in [-0.3, -0.25) is 9.59 Å². The molecule has 0 aliphatic carbocycles. The number of carbonyl (C=O) groups is 3. The maximum absolute atomic E-state index is 11.7. The molecule has 0 radical (unpaired) electrons. The van der Waals surface area contributed by atoms with Gasteiger partial charge in [0, 0.05) is 6.54 Å². The van der Waals surface area contributed by atoms with Crippen LogP contribution in [0.4, 0.5) is 4.79 Å². The molecule has 1 unspecified atom stereocenters. The van der Waals surface area contributed by atoms with E-state index in [1.165, 1.54) is 6.92 Å². The number of hydrogen-bond acceptors (Lipinski definition) is 3. The Morgan fingerprint density at radius 3 is 2.53 bits per heavy atom. The minimum absolute atomic E-state index is 0.137. The second kappa shape index (κ2) is 8.80. The number of amides is 3. The van der Waals surface area contributed by atoms with Gasteiger partial charge in [0.05, 0.1) is 6.54 Å². The predicted octanol–water partition coefficient (Wildman–Crippen LogP) is -0.369. The summed E-state index contributed by atoms with van der Waals surface area (Å²) < 4.78 is 0. The van der Waals surface area contributed by atoms with E-state index in [-0.39, 0.29) is 12.5 Å². The van der Waals surface area contributed by atoms with Crippen LogP contribution in [-0.4, -0.2) is 53.6 Å². The molecule has 0 aromatic rings. The smallest absolute Gasteiger partial charge is 0.323 e. The second-order valence-corrected chi connectivity index (χ2v) is 3.92. The number of carboxylic acid groups (broad SMARTS) is 1. The lowest BCUT2D eigenvalue weighted by Crippen LogP contribution is -2.51. The topological polar surface area (TPSA) is 98.7 Å². The Hall–Kier alpha value is -2.23. The van der Waals surface area contributed by atoms with Gasteiger partial charge >= 0.3 is 12.0 Å². The van der Waals surface area contributed by atoms with E-state index in [1.54, 1.807) is 0 Å². The standard InChI is InChI=1S/C12H19N3O4/c1-4-6-13-11(18)9(3)14-12(19)15(7-5-2)8-10(16)17/h2,9H,4,6-8H2,1,3H3,(H,13,18)(H,14,19)(H,16,17). The molecule has 0 heterocycles. The molecule has 0 saturated heterocycles. The molecule has 19 heavy (non-hydrogen) atoms. The molecule has 0 aliphatic rings. The fraction of sp³-hybridized carbons (Fsp3) is 0.583. The summed E-state index contributed by atoms with van der Waals surface area (Å²) in [5, 5.41) is 13.7. The van der Waals surface area contributed by atoms with Gasteiger partial charge in [0.1, 0.15) is 12.6 Å². The lowest BCUT2D eigenvalue weighted by Gasteiger charge is -2.21. The van der Waals surface area contributed by atoms with E-state index >= 15 is 0 Å². The van der Waals surface area contributed by atoms with Crippen molar-refractivity contribution >= 4 is 17.9 Å². The molecule has 7 nitrogen and oxygen atoms in total. The monoisotopic (exact) mass is 269 g/mol. The van der Waals surface area contributed by atoms with Crippen molar-refractivity contribution in [3.8, 4) is 12.3 Å². The molecule has 0 bridgehead atoms. The molecule has 0 spiro atoms. The van der Waals surface area contributed by atoms with Crippen LogP contribution in [0.25, 0.3) is 0 Å². The molecule has 3 amide bonds. The average molecular weight is 269 g/mol. The number of carboxylic acids is 1. The van der Waals surface area contributed by atoms with Crippen LogP contribution in [0.2, 0.25) is 0 Å². The highest BCUT2D eigenvalue weighted by atomic mass is 16.4. The summed E-state index contributed by atoms with van der Waals surface area (Å²) in [7, 11) is 0. The maximum Gasteiger partial charge on any atom is 0.323 e. The average Bonchev–Trinajstić information content (AvgIpc) is 2.34. The molecule has 1 atom stereocenters. The molecule has 0 aliphatic heterocycles. The molecule has 0 aromatic carbocycles. The van der Waals surface area contributed by atoms with Crippen LogP contribution in [0.15, 0.2) is 0 Å². The SMILES string of the molecule is C#CCN(CC(=O)O)C(=O)NC(C)C(=O)NCCC. The Kier molecular flexibility index (Phi) is 7.77. The van der Waals surface area contributed by atoms with Gasteiger partial charge in [-0.1, -0.05) is 12.8 Å². The minimum Gasteiger partial charge on any atom is -0.480 e. The summed E-state index contributed by atoms with van der Waals surface area (Å²) in [6, 6.07) is -1.44. The van der Waals surface area contributed by atoms with Crippen LogP contribution < -0.4 is 10.6 Å². The summed E-state index contributed by atoms with van der Waals surface area (Å²) in [5.41, 5.74) is 0. The number of urea groups is 1. The first-order valence-corrected chi connectivity index (χ1v) is 5.90. The number of carbonyl (C=O) groups excluding carboxylic acids is 2. The molecular weight excluding hydrogens is 250 g/mol. The Morgan fingerprint density at radius 1 is 1.42 bits per heavy atom. The third kappa shape index (κ3) is 6.93. The molecule has 0 saturated carbocycles. The van der Waals surface area contributed by atoms with Crippen molar-refractivity contribution in [2.75, 3.05) is 19.6 Å². The van der Waals surface area contributed by atoms with E-state index < -0.39 is 24.6 Å². The molecular formula is C12H19N3O4. The quantitative estimate of drug-likeness (QED) is 0.549. The number of rotatable bonds is 7. The summed E-state index contributed by atoms with van der Waals surface area (Å²) in [4.78, 5) is 34.8. The van der Waals surface area contributed by atoms with Gasteiger partial charge in [-0.05, 0) is 13.3 Å². The highest BCUT2D eigenvalue weighted by molar-refractivity contribution is 5.87. The van der Waals surface area contributed by atoms with Crippen molar-refractivity contribution in [3.63, 3.8) is 0 Å². The van der Waals surface area contributed by atoms with E-state index in [2.05, 4.69) is 16.6 Å². The van der Waals surface area contributed by atoms with E-state index in [9.17, 15) is 14.4 Å². The van der Waals surface area contributed by atoms with E-state index in [4.69, 9.17) is 11.5 Å². The van der Waals surface area contributed by atoms with E-state index in [0.717, 1.165) is 11.3 Å². The summed E-state index contributed by atoms with van der Waals surface area (Å²) >= 11 is 0. The number of terminal acetylenes is 1. The molecule has 0 aromatic heterocycles. The predicted molar refractivity (Wildman–Crippen MR) is 69.3 cm³/mol. The summed E-state index contributed by atoms with van der Waals surface area (Å²) in [6.07, 6.45) is 5.84. The first-order chi connectivity index (χ1) is 8.92. The van der Waals surface area contributed by atoms with Gasteiger partial charge in [0.25, 0.3) is 0 Å². The Labute approximate surface area is 112 Å². The van der Waals surface area contributed by atoms with Crippen molar-refractivity contribution in [3.05, 3.63) is 0 Å². The van der Waals surface area contributed by atoms with Gasteiger partial charge in [0.15, 0.2) is 0 Å². The minimum atomic E-state index is -1.17. The first-order valence-electron chi connectivity index (χ1n) is 5.90. The van der Waals surface area contributed by atoms with Gasteiger partial charge in [-0.25, -0.2) is 4.79 Å². The lowest BCUT2D eigenvalue weighted by atomic mass is 10.3. The fourth-order valence-electron chi connectivity index (χ4n) is 1.22. The fourth-order valence-corrected chi connectivity index (χ4v) is 1.22. The number of aliphatic carboxylic acids is 1. The zero-order valence-electron chi connectivity index (χ0n) is 11.1. The maximum atomic E-state index is 11.7. The van der Waals surface area contributed by atoms with Crippen LogP contribution in [0.5, 0.6) is 0 Å². The first kappa shape index (κ1) is 16.8. The van der Waals surface area contributed by atoms with Crippen molar-refractivity contribution in [1.82, 2.24) is 15.5 Å². The van der Waals surface area contributed by atoms with Crippen molar-refractivity contribution in [2.45, 2.75) is 26.3 Å². The van der Waals surface area contributed by atoms with Crippen LogP contribution in [-0.2, 0) is 9.59 Å². The van der Waals surface area contributed by atoms with Crippen molar-refractivity contribution in [1.29, 1.82) is 0 Å². The number of hydrogen-bond donors (Lipinski definition) is 3. The Bertz CT molecular complexity index is 376. The lowest BCUT2D eigenvalue weighted by molar-refractivity contribution is -0.137. The highest BCUT2D eigenvalue weighted by Crippen LogP contribution is 1.92. The molecule has 106 valence electrons. The van der Waals surface area contributed by atoms with E-state index in [1.807, 2.05) is 6.92 Å². The Morgan fingerprint density at radius 2 is 2.05 bits per heavy atom. The molecule has 0 rings (SSSR count). The van der Waals surface area contributed by atoms with E-state index in [0.29, 0.717) is 6.54 Å². The zero-order chi connectivity index (χ0) is 14.8. The van der Waals surface area contributed by atoms with Crippen LogP contribution in [0, 0.1) is 12.3 Å². The van der Waals surface area contributed by atoms with Crippen LogP contribution in [0.1, 0.15) is 20.3 Å². The zero-order valence-corrected chi connectivity index (χ0v) is 11.1. The van der Waals surface area contributed by atoms with Gasteiger partial charge in [-0.15, -0.1) is 6.42 Å². The van der Waals surface area contributed by atoms with Crippen molar-refractivity contribution in [2.24, 2.45) is 0 Å². The number of nitrogens with one attached hydrogen (secondary N) is 2. The molecule has 0 fully saturated rings. The Balaban J connectivity index is 4.42. The normalized spacial score (nSPS) is 11.0. The van der Waals surface area contributed by atoms with Crippen LogP contribution in [0.3, 0.4) is 0 Å². The highest BCUT2D eigenvalue weighted by Gasteiger charge is 2.20. The van der Waals surface area contributed by atoms with Gasteiger partial charge < -0.3 is 20.6 Å². The van der Waals surface area contributed by atoms with Gasteiger partial charge in [0.2, 0.25) is 5.91 Å². The second-order valence-electron chi connectivity index (χ2n) is 3.92. The largest absolute Gasteiger partial charge is 0.480 e. The third-order valence-corrected chi connectivity index (χ3v) is 2.18. The summed E-state index contributed by atoms with van der Waals surface area (Å²) in [6.45, 7) is 3.28. The number of nitrogens with zero attached hydrogens (tertiary/aromatic N) is 1. The van der Waals surface area contributed by atoms with Gasteiger partial charge in [-0.2, -0.15) is 0 Å².